The molecule has 5 aromatic rings. The standard InChI is InChI=1S/C18H10NS.Ir/c1-10-8-13-17-15(9-10)20-14-6-2-4-11(16(14)17)12-5-3-7-19-18(12)13;/h2-7,9H,1H3;/q-1;. The normalized spacial score (nSPS) is 11.7. The summed E-state index contributed by atoms with van der Waals surface area (Å²) in [5.41, 5.74) is 2.25. The molecule has 3 heteroatoms. The molecule has 0 aliphatic rings. The fraction of sp³-hybridized carbons (Fsp3) is 0.0556. The molecule has 0 aliphatic carbocycles. The first kappa shape index (κ1) is 13.1. The first-order chi connectivity index (χ1) is 9.83. The summed E-state index contributed by atoms with van der Waals surface area (Å²) >= 11 is 1.87. The van der Waals surface area contributed by atoms with E-state index in [0.717, 1.165) is 5.52 Å². The van der Waals surface area contributed by atoms with Crippen LogP contribution < -0.4 is 0 Å². The van der Waals surface area contributed by atoms with Gasteiger partial charge in [0.25, 0.3) is 0 Å². The molecule has 0 N–H and O–H groups in total. The Kier molecular flexibility index (Phi) is 2.80. The Morgan fingerprint density at radius 2 is 1.86 bits per heavy atom. The number of thiophene rings is 1. The van der Waals surface area contributed by atoms with Crippen LogP contribution in [0.5, 0.6) is 0 Å². The van der Waals surface area contributed by atoms with Crippen molar-refractivity contribution < 1.29 is 20.1 Å². The van der Waals surface area contributed by atoms with Gasteiger partial charge in [-0.2, -0.15) is 11.3 Å². The smallest absolute Gasteiger partial charge is 0.0251 e. The molecule has 3 aromatic carbocycles. The predicted molar refractivity (Wildman–Crippen MR) is 86.9 cm³/mol. The molecule has 0 aliphatic heterocycles. The zero-order valence-corrected chi connectivity index (χ0v) is 14.4. The van der Waals surface area contributed by atoms with Gasteiger partial charge >= 0.3 is 0 Å². The van der Waals surface area contributed by atoms with E-state index in [9.17, 15) is 0 Å². The number of pyridine rings is 1. The molecule has 0 unspecified atom stereocenters. The largest absolute Gasteiger partial charge is 0.304 e. The quantitative estimate of drug-likeness (QED) is 0.224. The van der Waals surface area contributed by atoms with Gasteiger partial charge in [-0.15, -0.1) is 23.1 Å². The summed E-state index contributed by atoms with van der Waals surface area (Å²) in [7, 11) is 0. The van der Waals surface area contributed by atoms with Gasteiger partial charge in [-0.05, 0) is 38.5 Å². The van der Waals surface area contributed by atoms with Crippen molar-refractivity contribution in [2.75, 3.05) is 0 Å². The van der Waals surface area contributed by atoms with Crippen molar-refractivity contribution in [2.24, 2.45) is 0 Å². The van der Waals surface area contributed by atoms with Gasteiger partial charge in [0.2, 0.25) is 0 Å². The summed E-state index contributed by atoms with van der Waals surface area (Å²) in [6.07, 6.45) is 1.87. The summed E-state index contributed by atoms with van der Waals surface area (Å²) in [4.78, 5) is 4.62. The summed E-state index contributed by atoms with van der Waals surface area (Å²) in [5.74, 6) is 0. The molecule has 2 heterocycles. The summed E-state index contributed by atoms with van der Waals surface area (Å²) in [6.45, 7) is 2.11. The molecule has 1 nitrogen and oxygen atoms in total. The molecule has 5 rings (SSSR count). The molecule has 0 atom stereocenters. The van der Waals surface area contributed by atoms with Crippen molar-refractivity contribution in [2.45, 2.75) is 6.92 Å². The molecule has 0 saturated carbocycles. The number of aromatic nitrogens is 1. The second-order valence-corrected chi connectivity index (χ2v) is 6.33. The first-order valence-corrected chi connectivity index (χ1v) is 7.48. The molecule has 21 heavy (non-hydrogen) atoms. The van der Waals surface area contributed by atoms with Crippen LogP contribution in [0.3, 0.4) is 0 Å². The predicted octanol–water partition coefficient (Wildman–Crippen LogP) is 5.30. The average molecular weight is 465 g/mol. The van der Waals surface area contributed by atoms with Gasteiger partial charge in [0.1, 0.15) is 0 Å². The molecule has 0 spiro atoms. The van der Waals surface area contributed by atoms with E-state index in [1.54, 1.807) is 0 Å². The van der Waals surface area contributed by atoms with Crippen LogP contribution in [-0.4, -0.2) is 4.98 Å². The van der Waals surface area contributed by atoms with Crippen LogP contribution in [0.1, 0.15) is 5.56 Å². The Labute approximate surface area is 139 Å². The van der Waals surface area contributed by atoms with Crippen molar-refractivity contribution in [3.63, 3.8) is 0 Å². The van der Waals surface area contributed by atoms with Crippen molar-refractivity contribution in [3.05, 3.63) is 54.2 Å². The van der Waals surface area contributed by atoms with E-state index in [1.165, 1.54) is 41.9 Å². The molecule has 103 valence electrons. The molecule has 0 amide bonds. The summed E-state index contributed by atoms with van der Waals surface area (Å²) in [6, 6.07) is 16.5. The van der Waals surface area contributed by atoms with Gasteiger partial charge in [0.15, 0.2) is 0 Å². The van der Waals surface area contributed by atoms with Gasteiger partial charge in [-0.25, -0.2) is 0 Å². The molecule has 1 radical (unpaired) electrons. The van der Waals surface area contributed by atoms with Gasteiger partial charge in [-0.3, -0.25) is 0 Å². The van der Waals surface area contributed by atoms with Crippen molar-refractivity contribution >= 4 is 53.2 Å². The molecular weight excluding hydrogens is 454 g/mol. The Hall–Kier alpha value is -1.54. The number of hydrogen-bond acceptors (Lipinski definition) is 2. The SMILES string of the molecule is Cc1[c-]c2c3ncccc3c3cccc4sc(c1)c2c43.[Ir]. The third-order valence-electron chi connectivity index (χ3n) is 4.00. The van der Waals surface area contributed by atoms with Crippen LogP contribution in [0.15, 0.2) is 42.6 Å². The number of hydrogen-bond donors (Lipinski definition) is 0. The van der Waals surface area contributed by atoms with Gasteiger partial charge in [-0.1, -0.05) is 30.5 Å². The maximum absolute atomic E-state index is 4.62. The van der Waals surface area contributed by atoms with Crippen LogP contribution in [-0.2, 0) is 20.1 Å². The Bertz CT molecular complexity index is 1110. The molecule has 0 fully saturated rings. The Balaban J connectivity index is 0.00000115. The maximum Gasteiger partial charge on any atom is 0.0251 e. The van der Waals surface area contributed by atoms with E-state index in [0.29, 0.717) is 0 Å². The van der Waals surface area contributed by atoms with Crippen LogP contribution in [0, 0.1) is 13.0 Å². The third-order valence-corrected chi connectivity index (χ3v) is 5.10. The fourth-order valence-electron chi connectivity index (χ4n) is 3.23. The number of benzene rings is 3. The molecular formula is C18H10IrNS-. The summed E-state index contributed by atoms with van der Waals surface area (Å²) in [5, 5.41) is 6.41. The second-order valence-electron chi connectivity index (χ2n) is 5.25. The third kappa shape index (κ3) is 1.63. The zero-order chi connectivity index (χ0) is 13.3. The number of fused-ring (bicyclic) bond motifs is 3. The van der Waals surface area contributed by atoms with Crippen LogP contribution in [0.4, 0.5) is 0 Å². The summed E-state index contributed by atoms with van der Waals surface area (Å²) < 4.78 is 2.70. The molecule has 2 aromatic heterocycles. The minimum atomic E-state index is 0. The minimum absolute atomic E-state index is 0. The fourth-order valence-corrected chi connectivity index (χ4v) is 4.47. The first-order valence-electron chi connectivity index (χ1n) is 6.67. The van der Waals surface area contributed by atoms with Crippen LogP contribution >= 0.6 is 11.3 Å². The van der Waals surface area contributed by atoms with Crippen LogP contribution in [0.2, 0.25) is 0 Å². The minimum Gasteiger partial charge on any atom is -0.304 e. The van der Waals surface area contributed by atoms with E-state index in [2.05, 4.69) is 48.3 Å². The number of rotatable bonds is 0. The molecule has 0 bridgehead atoms. The van der Waals surface area contributed by atoms with E-state index in [-0.39, 0.29) is 20.1 Å². The van der Waals surface area contributed by atoms with Gasteiger partial charge < -0.3 is 4.98 Å². The number of aryl methyl sites for hydroxylation is 1. The van der Waals surface area contributed by atoms with Crippen LogP contribution in [0.25, 0.3) is 41.8 Å². The Morgan fingerprint density at radius 3 is 2.76 bits per heavy atom. The van der Waals surface area contributed by atoms with E-state index in [1.807, 2.05) is 23.6 Å². The second kappa shape index (κ2) is 4.48. The Morgan fingerprint density at radius 1 is 1.00 bits per heavy atom. The van der Waals surface area contributed by atoms with Crippen molar-refractivity contribution in [1.82, 2.24) is 4.98 Å². The topological polar surface area (TPSA) is 12.9 Å². The van der Waals surface area contributed by atoms with E-state index >= 15 is 0 Å². The monoisotopic (exact) mass is 465 g/mol. The van der Waals surface area contributed by atoms with Gasteiger partial charge in [0.05, 0.1) is 0 Å². The van der Waals surface area contributed by atoms with E-state index < -0.39 is 0 Å². The maximum atomic E-state index is 4.62. The van der Waals surface area contributed by atoms with Crippen molar-refractivity contribution in [3.8, 4) is 0 Å². The van der Waals surface area contributed by atoms with Crippen molar-refractivity contribution in [1.29, 1.82) is 0 Å². The zero-order valence-electron chi connectivity index (χ0n) is 11.2. The number of nitrogens with zero attached hydrogens (tertiary/aromatic N) is 1. The van der Waals surface area contributed by atoms with Gasteiger partial charge in [0, 0.05) is 31.0 Å². The average Bonchev–Trinajstić information content (AvgIpc) is 2.84. The molecule has 0 saturated heterocycles. The van der Waals surface area contributed by atoms with E-state index in [4.69, 9.17) is 0 Å².